The number of hydrogen-bond donors (Lipinski definition) is 0. The second-order valence-electron chi connectivity index (χ2n) is 2.98. The van der Waals surface area contributed by atoms with Gasteiger partial charge in [0.1, 0.15) is 17.1 Å². The fourth-order valence-corrected chi connectivity index (χ4v) is 2.09. The standard InChI is InChI=1S/C10H9IO3/c1-13-8-3-2-6(11)10-9(8)7(12)4-5-14-10/h2-3H,4-5H2,1H3. The van der Waals surface area contributed by atoms with Gasteiger partial charge in [0.05, 0.1) is 17.3 Å². The SMILES string of the molecule is COc1ccc(I)c2c1C(=O)CCO2. The van der Waals surface area contributed by atoms with Gasteiger partial charge in [0.25, 0.3) is 0 Å². The van der Waals surface area contributed by atoms with Crippen LogP contribution in [0.3, 0.4) is 0 Å². The van der Waals surface area contributed by atoms with E-state index in [4.69, 9.17) is 9.47 Å². The maximum absolute atomic E-state index is 11.7. The summed E-state index contributed by atoms with van der Waals surface area (Å²) in [5.74, 6) is 1.37. The third-order valence-electron chi connectivity index (χ3n) is 2.15. The molecule has 0 aliphatic carbocycles. The number of carbonyl (C=O) groups excluding carboxylic acids is 1. The molecule has 3 nitrogen and oxygen atoms in total. The maximum atomic E-state index is 11.7. The minimum atomic E-state index is 0.0987. The summed E-state index contributed by atoms with van der Waals surface area (Å²) in [5.41, 5.74) is 0.589. The highest BCUT2D eigenvalue weighted by Crippen LogP contribution is 2.36. The van der Waals surface area contributed by atoms with Crippen molar-refractivity contribution in [1.82, 2.24) is 0 Å². The van der Waals surface area contributed by atoms with Crippen molar-refractivity contribution in [2.45, 2.75) is 6.42 Å². The van der Waals surface area contributed by atoms with Crippen LogP contribution in [-0.2, 0) is 0 Å². The van der Waals surface area contributed by atoms with Gasteiger partial charge in [-0.1, -0.05) is 0 Å². The van der Waals surface area contributed by atoms with Crippen molar-refractivity contribution in [3.05, 3.63) is 21.3 Å². The molecule has 1 aliphatic heterocycles. The van der Waals surface area contributed by atoms with Gasteiger partial charge in [0.2, 0.25) is 0 Å². The number of rotatable bonds is 1. The molecular formula is C10H9IO3. The molecule has 1 aromatic carbocycles. The number of ketones is 1. The largest absolute Gasteiger partial charge is 0.496 e. The Morgan fingerprint density at radius 1 is 1.50 bits per heavy atom. The first-order valence-electron chi connectivity index (χ1n) is 4.26. The number of Topliss-reactive ketones (excluding diaryl/α,β-unsaturated/α-hetero) is 1. The fraction of sp³-hybridized carbons (Fsp3) is 0.300. The van der Waals surface area contributed by atoms with Crippen LogP contribution in [-0.4, -0.2) is 19.5 Å². The van der Waals surface area contributed by atoms with E-state index in [1.165, 1.54) is 0 Å². The zero-order valence-electron chi connectivity index (χ0n) is 7.67. The van der Waals surface area contributed by atoms with Crippen molar-refractivity contribution in [2.75, 3.05) is 13.7 Å². The minimum Gasteiger partial charge on any atom is -0.496 e. The Morgan fingerprint density at radius 2 is 2.29 bits per heavy atom. The average molecular weight is 304 g/mol. The Hall–Kier alpha value is -0.780. The van der Waals surface area contributed by atoms with Crippen molar-refractivity contribution >= 4 is 28.4 Å². The predicted molar refractivity (Wildman–Crippen MR) is 60.2 cm³/mol. The highest BCUT2D eigenvalue weighted by atomic mass is 127. The number of halogens is 1. The summed E-state index contributed by atoms with van der Waals surface area (Å²) < 4.78 is 11.5. The highest BCUT2D eigenvalue weighted by Gasteiger charge is 2.24. The number of hydrogen-bond acceptors (Lipinski definition) is 3. The molecule has 2 rings (SSSR count). The van der Waals surface area contributed by atoms with Gasteiger partial charge in [-0.15, -0.1) is 0 Å². The van der Waals surface area contributed by atoms with E-state index in [9.17, 15) is 4.79 Å². The number of fused-ring (bicyclic) bond motifs is 1. The summed E-state index contributed by atoms with van der Waals surface area (Å²) >= 11 is 2.15. The summed E-state index contributed by atoms with van der Waals surface area (Å²) in [6.45, 7) is 0.467. The molecule has 74 valence electrons. The first kappa shape index (κ1) is 9.76. The van der Waals surface area contributed by atoms with Crippen molar-refractivity contribution < 1.29 is 14.3 Å². The monoisotopic (exact) mass is 304 g/mol. The molecule has 1 aliphatic rings. The molecule has 0 unspecified atom stereocenters. The van der Waals surface area contributed by atoms with Gasteiger partial charge in [-0.25, -0.2) is 0 Å². The number of carbonyl (C=O) groups is 1. The second kappa shape index (κ2) is 3.76. The van der Waals surface area contributed by atoms with Crippen molar-refractivity contribution in [3.63, 3.8) is 0 Å². The van der Waals surface area contributed by atoms with E-state index < -0.39 is 0 Å². The number of benzene rings is 1. The fourth-order valence-electron chi connectivity index (χ4n) is 1.49. The molecule has 0 aromatic heterocycles. The van der Waals surface area contributed by atoms with E-state index in [0.717, 1.165) is 3.57 Å². The molecule has 0 bridgehead atoms. The quantitative estimate of drug-likeness (QED) is 0.747. The molecule has 0 saturated carbocycles. The van der Waals surface area contributed by atoms with E-state index >= 15 is 0 Å². The Morgan fingerprint density at radius 3 is 3.00 bits per heavy atom. The summed E-state index contributed by atoms with van der Waals surface area (Å²) in [6, 6.07) is 3.68. The van der Waals surface area contributed by atoms with Crippen LogP contribution in [0.25, 0.3) is 0 Å². The highest BCUT2D eigenvalue weighted by molar-refractivity contribution is 14.1. The zero-order chi connectivity index (χ0) is 10.1. The van der Waals surface area contributed by atoms with Crippen molar-refractivity contribution in [1.29, 1.82) is 0 Å². The summed E-state index contributed by atoms with van der Waals surface area (Å²) in [7, 11) is 1.56. The summed E-state index contributed by atoms with van der Waals surface area (Å²) in [4.78, 5) is 11.7. The van der Waals surface area contributed by atoms with E-state index in [2.05, 4.69) is 22.6 Å². The summed E-state index contributed by atoms with van der Waals surface area (Å²) in [6.07, 6.45) is 0.434. The van der Waals surface area contributed by atoms with Crippen LogP contribution in [0.1, 0.15) is 16.8 Å². The molecule has 0 amide bonds. The lowest BCUT2D eigenvalue weighted by Gasteiger charge is -2.19. The van der Waals surface area contributed by atoms with Crippen molar-refractivity contribution in [3.8, 4) is 11.5 Å². The third kappa shape index (κ3) is 1.47. The predicted octanol–water partition coefficient (Wildman–Crippen LogP) is 2.27. The van der Waals surface area contributed by atoms with Gasteiger partial charge in [-0.3, -0.25) is 4.79 Å². The third-order valence-corrected chi connectivity index (χ3v) is 3.00. The van der Waals surface area contributed by atoms with Crippen LogP contribution in [0.5, 0.6) is 11.5 Å². The number of methoxy groups -OCH3 is 1. The lowest BCUT2D eigenvalue weighted by Crippen LogP contribution is -2.17. The lowest BCUT2D eigenvalue weighted by atomic mass is 10.0. The molecule has 4 heteroatoms. The van der Waals surface area contributed by atoms with E-state index in [1.807, 2.05) is 6.07 Å². The van der Waals surface area contributed by atoms with Crippen LogP contribution >= 0.6 is 22.6 Å². The smallest absolute Gasteiger partial charge is 0.173 e. The average Bonchev–Trinajstić information content (AvgIpc) is 2.20. The van der Waals surface area contributed by atoms with Gasteiger partial charge in [-0.05, 0) is 34.7 Å². The molecule has 0 spiro atoms. The van der Waals surface area contributed by atoms with E-state index in [0.29, 0.717) is 30.1 Å². The molecular weight excluding hydrogens is 295 g/mol. The van der Waals surface area contributed by atoms with Gasteiger partial charge >= 0.3 is 0 Å². The van der Waals surface area contributed by atoms with Gasteiger partial charge in [0.15, 0.2) is 5.78 Å². The van der Waals surface area contributed by atoms with Gasteiger partial charge < -0.3 is 9.47 Å². The first-order valence-corrected chi connectivity index (χ1v) is 5.34. The Bertz CT molecular complexity index is 387. The Kier molecular flexibility index (Phi) is 2.62. The first-order chi connectivity index (χ1) is 6.74. The molecule has 1 aromatic rings. The van der Waals surface area contributed by atoms with Gasteiger partial charge in [-0.2, -0.15) is 0 Å². The number of ether oxygens (including phenoxy) is 2. The van der Waals surface area contributed by atoms with Crippen LogP contribution in [0, 0.1) is 3.57 Å². The molecule has 0 saturated heterocycles. The van der Waals surface area contributed by atoms with Crippen molar-refractivity contribution in [2.24, 2.45) is 0 Å². The maximum Gasteiger partial charge on any atom is 0.173 e. The molecule has 0 N–H and O–H groups in total. The lowest BCUT2D eigenvalue weighted by molar-refractivity contribution is 0.0928. The molecule has 0 atom stereocenters. The van der Waals surface area contributed by atoms with Crippen LogP contribution in [0.4, 0.5) is 0 Å². The van der Waals surface area contributed by atoms with Crippen LogP contribution in [0.15, 0.2) is 12.1 Å². The molecule has 14 heavy (non-hydrogen) atoms. The summed E-state index contributed by atoms with van der Waals surface area (Å²) in [5, 5.41) is 0. The second-order valence-corrected chi connectivity index (χ2v) is 4.14. The normalized spacial score (nSPS) is 14.6. The van der Waals surface area contributed by atoms with Crippen LogP contribution < -0.4 is 9.47 Å². The van der Waals surface area contributed by atoms with Crippen LogP contribution in [0.2, 0.25) is 0 Å². The topological polar surface area (TPSA) is 35.5 Å². The molecule has 1 heterocycles. The van der Waals surface area contributed by atoms with Gasteiger partial charge in [0, 0.05) is 6.42 Å². The molecule has 0 radical (unpaired) electrons. The minimum absolute atomic E-state index is 0.0987. The molecule has 0 fully saturated rings. The van der Waals surface area contributed by atoms with E-state index in [1.54, 1.807) is 13.2 Å². The zero-order valence-corrected chi connectivity index (χ0v) is 9.83. The van der Waals surface area contributed by atoms with E-state index in [-0.39, 0.29) is 5.78 Å². The Balaban J connectivity index is 2.64. The Labute approximate surface area is 95.5 Å².